The van der Waals surface area contributed by atoms with Crippen LogP contribution >= 0.6 is 0 Å². The number of aromatic nitrogens is 2. The summed E-state index contributed by atoms with van der Waals surface area (Å²) >= 11 is 0. The van der Waals surface area contributed by atoms with Crippen LogP contribution in [-0.2, 0) is 7.05 Å². The van der Waals surface area contributed by atoms with Crippen LogP contribution in [0.25, 0.3) is 0 Å². The molecule has 3 heteroatoms. The summed E-state index contributed by atoms with van der Waals surface area (Å²) in [4.78, 5) is 0. The molecule has 0 aromatic carbocycles. The van der Waals surface area contributed by atoms with Gasteiger partial charge in [0.15, 0.2) is 0 Å². The predicted molar refractivity (Wildman–Crippen MR) is 53.8 cm³/mol. The molecule has 1 N–H and O–H groups in total. The fraction of sp³-hybridized carbons (Fsp3) is 0.700. The Hall–Kier alpha value is -0.990. The second-order valence-corrected chi connectivity index (χ2v) is 4.46. The van der Waals surface area contributed by atoms with Gasteiger partial charge in [-0.15, -0.1) is 0 Å². The van der Waals surface area contributed by atoms with E-state index in [-0.39, 0.29) is 0 Å². The molecule has 1 saturated carbocycles. The zero-order chi connectivity index (χ0) is 9.47. The Labute approximate surface area is 79.1 Å². The third kappa shape index (κ3) is 1.85. The maximum atomic E-state index is 4.29. The molecule has 0 aliphatic heterocycles. The lowest BCUT2D eigenvalue weighted by Gasteiger charge is -2.10. The third-order valence-electron chi connectivity index (χ3n) is 2.80. The minimum absolute atomic E-state index is 0.554. The molecule has 0 bridgehead atoms. The van der Waals surface area contributed by atoms with Crippen molar-refractivity contribution in [1.29, 1.82) is 0 Å². The number of hydrogen-bond donors (Lipinski definition) is 1. The maximum Gasteiger partial charge on any atom is 0.124 e. The highest BCUT2D eigenvalue weighted by Crippen LogP contribution is 2.44. The first kappa shape index (κ1) is 8.60. The van der Waals surface area contributed by atoms with Gasteiger partial charge in [0.1, 0.15) is 5.82 Å². The van der Waals surface area contributed by atoms with E-state index in [1.54, 1.807) is 0 Å². The SMILES string of the molecule is Cc1cc(NCC2(C)CC2)n(C)n1. The topological polar surface area (TPSA) is 29.9 Å². The van der Waals surface area contributed by atoms with Crippen LogP contribution in [0.1, 0.15) is 25.5 Å². The van der Waals surface area contributed by atoms with E-state index in [4.69, 9.17) is 0 Å². The molecule has 1 aliphatic carbocycles. The van der Waals surface area contributed by atoms with Gasteiger partial charge in [0.05, 0.1) is 5.69 Å². The fourth-order valence-corrected chi connectivity index (χ4v) is 1.47. The van der Waals surface area contributed by atoms with Gasteiger partial charge < -0.3 is 5.32 Å². The molecule has 0 amide bonds. The van der Waals surface area contributed by atoms with Gasteiger partial charge in [0.2, 0.25) is 0 Å². The second-order valence-electron chi connectivity index (χ2n) is 4.46. The second kappa shape index (κ2) is 2.76. The van der Waals surface area contributed by atoms with Crippen molar-refractivity contribution in [3.05, 3.63) is 11.8 Å². The first-order valence-electron chi connectivity index (χ1n) is 4.84. The highest BCUT2D eigenvalue weighted by molar-refractivity contribution is 5.37. The van der Waals surface area contributed by atoms with Gasteiger partial charge in [-0.3, -0.25) is 4.68 Å². The standard InChI is InChI=1S/C10H17N3/c1-8-6-9(13(3)12-8)11-7-10(2)4-5-10/h6,11H,4-5,7H2,1-3H3. The zero-order valence-electron chi connectivity index (χ0n) is 8.59. The molecule has 1 aromatic rings. The van der Waals surface area contributed by atoms with E-state index in [1.165, 1.54) is 12.8 Å². The molecule has 0 saturated heterocycles. The van der Waals surface area contributed by atoms with Crippen LogP contribution in [-0.4, -0.2) is 16.3 Å². The van der Waals surface area contributed by atoms with E-state index in [9.17, 15) is 0 Å². The molecule has 72 valence electrons. The van der Waals surface area contributed by atoms with Crippen molar-refractivity contribution >= 4 is 5.82 Å². The Morgan fingerprint density at radius 2 is 2.31 bits per heavy atom. The number of anilines is 1. The highest BCUT2D eigenvalue weighted by Gasteiger charge is 2.36. The molecule has 13 heavy (non-hydrogen) atoms. The Balaban J connectivity index is 1.97. The van der Waals surface area contributed by atoms with Gasteiger partial charge in [0, 0.05) is 19.7 Å². The Bertz CT molecular complexity index is 310. The van der Waals surface area contributed by atoms with Crippen LogP contribution in [0.4, 0.5) is 5.82 Å². The minimum Gasteiger partial charge on any atom is -0.370 e. The number of hydrogen-bond acceptors (Lipinski definition) is 2. The molecule has 3 nitrogen and oxygen atoms in total. The van der Waals surface area contributed by atoms with Crippen LogP contribution in [0.5, 0.6) is 0 Å². The van der Waals surface area contributed by atoms with Gasteiger partial charge >= 0.3 is 0 Å². The van der Waals surface area contributed by atoms with Gasteiger partial charge in [-0.25, -0.2) is 0 Å². The fourth-order valence-electron chi connectivity index (χ4n) is 1.47. The number of nitrogens with one attached hydrogen (secondary N) is 1. The van der Waals surface area contributed by atoms with Crippen molar-refractivity contribution in [1.82, 2.24) is 9.78 Å². The molecule has 1 fully saturated rings. The van der Waals surface area contributed by atoms with E-state index < -0.39 is 0 Å². The van der Waals surface area contributed by atoms with Crippen molar-refractivity contribution in [3.8, 4) is 0 Å². The smallest absolute Gasteiger partial charge is 0.124 e. The van der Waals surface area contributed by atoms with Crippen molar-refractivity contribution in [2.75, 3.05) is 11.9 Å². The van der Waals surface area contributed by atoms with E-state index in [2.05, 4.69) is 23.4 Å². The molecule has 1 aromatic heterocycles. The highest BCUT2D eigenvalue weighted by atomic mass is 15.3. The number of nitrogens with zero attached hydrogens (tertiary/aromatic N) is 2. The van der Waals surface area contributed by atoms with Crippen molar-refractivity contribution in [3.63, 3.8) is 0 Å². The lowest BCUT2D eigenvalue weighted by Crippen LogP contribution is -2.13. The van der Waals surface area contributed by atoms with Crippen LogP contribution in [0.15, 0.2) is 6.07 Å². The Morgan fingerprint density at radius 3 is 2.77 bits per heavy atom. The van der Waals surface area contributed by atoms with Crippen LogP contribution in [0.2, 0.25) is 0 Å². The summed E-state index contributed by atoms with van der Waals surface area (Å²) < 4.78 is 1.90. The van der Waals surface area contributed by atoms with E-state index in [0.29, 0.717) is 5.41 Å². The summed E-state index contributed by atoms with van der Waals surface area (Å²) in [6.07, 6.45) is 2.72. The monoisotopic (exact) mass is 179 g/mol. The maximum absolute atomic E-state index is 4.29. The van der Waals surface area contributed by atoms with Crippen LogP contribution in [0.3, 0.4) is 0 Å². The average Bonchev–Trinajstić information content (AvgIpc) is 2.69. The summed E-state index contributed by atoms with van der Waals surface area (Å²) in [6, 6.07) is 2.09. The van der Waals surface area contributed by atoms with E-state index >= 15 is 0 Å². The van der Waals surface area contributed by atoms with Crippen molar-refractivity contribution in [2.24, 2.45) is 12.5 Å². The predicted octanol–water partition coefficient (Wildman–Crippen LogP) is 1.94. The summed E-state index contributed by atoms with van der Waals surface area (Å²) in [7, 11) is 1.98. The summed E-state index contributed by atoms with van der Waals surface area (Å²) in [6.45, 7) is 5.42. The third-order valence-corrected chi connectivity index (χ3v) is 2.80. The molecule has 0 radical (unpaired) electrons. The number of rotatable bonds is 3. The zero-order valence-corrected chi connectivity index (χ0v) is 8.59. The number of aryl methyl sites for hydroxylation is 2. The first-order valence-corrected chi connectivity index (χ1v) is 4.84. The van der Waals surface area contributed by atoms with Gasteiger partial charge in [-0.05, 0) is 25.2 Å². The lowest BCUT2D eigenvalue weighted by molar-refractivity contribution is 0.604. The quantitative estimate of drug-likeness (QED) is 0.768. The van der Waals surface area contributed by atoms with Gasteiger partial charge in [-0.2, -0.15) is 5.10 Å². The summed E-state index contributed by atoms with van der Waals surface area (Å²) in [5.74, 6) is 1.13. The van der Waals surface area contributed by atoms with E-state index in [0.717, 1.165) is 18.1 Å². The van der Waals surface area contributed by atoms with Crippen LogP contribution in [0, 0.1) is 12.3 Å². The minimum atomic E-state index is 0.554. The molecule has 1 aliphatic rings. The molecule has 1 heterocycles. The van der Waals surface area contributed by atoms with E-state index in [1.807, 2.05) is 18.7 Å². The summed E-state index contributed by atoms with van der Waals surface area (Å²) in [5, 5.41) is 7.72. The van der Waals surface area contributed by atoms with Gasteiger partial charge in [-0.1, -0.05) is 6.92 Å². The van der Waals surface area contributed by atoms with Crippen molar-refractivity contribution < 1.29 is 0 Å². The molecular formula is C10H17N3. The Morgan fingerprint density at radius 1 is 1.62 bits per heavy atom. The van der Waals surface area contributed by atoms with Crippen molar-refractivity contribution in [2.45, 2.75) is 26.7 Å². The molecule has 0 spiro atoms. The summed E-state index contributed by atoms with van der Waals surface area (Å²) in [5.41, 5.74) is 1.63. The lowest BCUT2D eigenvalue weighted by atomic mass is 10.1. The average molecular weight is 179 g/mol. The molecule has 0 unspecified atom stereocenters. The first-order chi connectivity index (χ1) is 6.09. The molecular weight excluding hydrogens is 162 g/mol. The largest absolute Gasteiger partial charge is 0.370 e. The Kier molecular flexibility index (Phi) is 1.82. The van der Waals surface area contributed by atoms with Crippen LogP contribution < -0.4 is 5.32 Å². The van der Waals surface area contributed by atoms with Gasteiger partial charge in [0.25, 0.3) is 0 Å². The molecule has 2 rings (SSSR count). The normalized spacial score (nSPS) is 18.7. The molecule has 0 atom stereocenters.